The Morgan fingerprint density at radius 3 is 2.69 bits per heavy atom. The standard InChI is InChI=1S/C11H16BrN/c1-3-4-11(13)9-6-5-8(2)10(12)7-9/h5-7,11H,3-4,13H2,1-2H3/t11-/m0/s1. The summed E-state index contributed by atoms with van der Waals surface area (Å²) in [5.41, 5.74) is 8.48. The van der Waals surface area contributed by atoms with E-state index in [1.54, 1.807) is 0 Å². The summed E-state index contributed by atoms with van der Waals surface area (Å²) >= 11 is 3.51. The summed E-state index contributed by atoms with van der Waals surface area (Å²) < 4.78 is 1.15. The Labute approximate surface area is 88.5 Å². The average Bonchev–Trinajstić information content (AvgIpc) is 2.10. The normalized spacial score (nSPS) is 12.9. The Bertz CT molecular complexity index is 283. The fourth-order valence-corrected chi connectivity index (χ4v) is 1.71. The minimum absolute atomic E-state index is 0.182. The molecule has 0 saturated heterocycles. The summed E-state index contributed by atoms with van der Waals surface area (Å²) in [6.07, 6.45) is 2.18. The monoisotopic (exact) mass is 241 g/mol. The zero-order valence-electron chi connectivity index (χ0n) is 8.18. The van der Waals surface area contributed by atoms with Crippen LogP contribution in [0.25, 0.3) is 0 Å². The predicted octanol–water partition coefficient (Wildman–Crippen LogP) is 3.56. The van der Waals surface area contributed by atoms with Crippen LogP contribution in [0.4, 0.5) is 0 Å². The zero-order chi connectivity index (χ0) is 9.84. The van der Waals surface area contributed by atoms with Gasteiger partial charge in [-0.05, 0) is 30.5 Å². The molecule has 0 radical (unpaired) electrons. The highest BCUT2D eigenvalue weighted by atomic mass is 79.9. The molecular weight excluding hydrogens is 226 g/mol. The van der Waals surface area contributed by atoms with Gasteiger partial charge in [0.05, 0.1) is 0 Å². The molecule has 0 aliphatic heterocycles. The Hall–Kier alpha value is -0.340. The first kappa shape index (κ1) is 10.7. The van der Waals surface area contributed by atoms with Crippen molar-refractivity contribution in [2.24, 2.45) is 5.73 Å². The van der Waals surface area contributed by atoms with Gasteiger partial charge in [0.15, 0.2) is 0 Å². The van der Waals surface area contributed by atoms with Crippen molar-refractivity contribution in [3.8, 4) is 0 Å². The summed E-state index contributed by atoms with van der Waals surface area (Å²) in [7, 11) is 0. The van der Waals surface area contributed by atoms with Crippen molar-refractivity contribution in [2.75, 3.05) is 0 Å². The van der Waals surface area contributed by atoms with Gasteiger partial charge in [-0.3, -0.25) is 0 Å². The van der Waals surface area contributed by atoms with Gasteiger partial charge in [-0.25, -0.2) is 0 Å². The van der Waals surface area contributed by atoms with Crippen LogP contribution in [0.5, 0.6) is 0 Å². The van der Waals surface area contributed by atoms with Crippen molar-refractivity contribution in [3.05, 3.63) is 33.8 Å². The van der Waals surface area contributed by atoms with Gasteiger partial charge in [-0.1, -0.05) is 41.4 Å². The van der Waals surface area contributed by atoms with Crippen LogP contribution in [0.3, 0.4) is 0 Å². The molecule has 13 heavy (non-hydrogen) atoms. The van der Waals surface area contributed by atoms with E-state index < -0.39 is 0 Å². The number of halogens is 1. The zero-order valence-corrected chi connectivity index (χ0v) is 9.76. The number of hydrogen-bond donors (Lipinski definition) is 1. The van der Waals surface area contributed by atoms with E-state index >= 15 is 0 Å². The van der Waals surface area contributed by atoms with E-state index in [2.05, 4.69) is 48.0 Å². The molecular formula is C11H16BrN. The Kier molecular flexibility index (Phi) is 3.94. The van der Waals surface area contributed by atoms with Gasteiger partial charge in [-0.2, -0.15) is 0 Å². The quantitative estimate of drug-likeness (QED) is 0.861. The van der Waals surface area contributed by atoms with Crippen LogP contribution in [-0.2, 0) is 0 Å². The molecule has 0 fully saturated rings. The van der Waals surface area contributed by atoms with Gasteiger partial charge in [0.25, 0.3) is 0 Å². The molecule has 2 heteroatoms. The molecule has 0 heterocycles. The molecule has 0 bridgehead atoms. The molecule has 0 unspecified atom stereocenters. The van der Waals surface area contributed by atoms with Crippen LogP contribution in [0.15, 0.2) is 22.7 Å². The molecule has 1 nitrogen and oxygen atoms in total. The van der Waals surface area contributed by atoms with E-state index in [1.807, 2.05) is 0 Å². The molecule has 1 aromatic carbocycles. The highest BCUT2D eigenvalue weighted by Crippen LogP contribution is 2.22. The summed E-state index contributed by atoms with van der Waals surface area (Å²) in [6.45, 7) is 4.24. The maximum absolute atomic E-state index is 6.00. The SMILES string of the molecule is CCC[C@H](N)c1ccc(C)c(Br)c1. The third-order valence-electron chi connectivity index (χ3n) is 2.22. The second-order valence-electron chi connectivity index (χ2n) is 3.40. The first-order valence-electron chi connectivity index (χ1n) is 4.66. The maximum Gasteiger partial charge on any atom is 0.0295 e. The molecule has 0 aliphatic rings. The molecule has 1 aromatic rings. The van der Waals surface area contributed by atoms with Crippen molar-refractivity contribution < 1.29 is 0 Å². The largest absolute Gasteiger partial charge is 0.324 e. The van der Waals surface area contributed by atoms with Gasteiger partial charge < -0.3 is 5.73 Å². The molecule has 72 valence electrons. The van der Waals surface area contributed by atoms with Gasteiger partial charge in [0.2, 0.25) is 0 Å². The van der Waals surface area contributed by atoms with Crippen molar-refractivity contribution in [2.45, 2.75) is 32.7 Å². The summed E-state index contributed by atoms with van der Waals surface area (Å²) in [4.78, 5) is 0. The van der Waals surface area contributed by atoms with Crippen LogP contribution in [-0.4, -0.2) is 0 Å². The maximum atomic E-state index is 6.00. The number of aryl methyl sites for hydroxylation is 1. The molecule has 0 saturated carbocycles. The number of rotatable bonds is 3. The predicted molar refractivity (Wildman–Crippen MR) is 60.7 cm³/mol. The van der Waals surface area contributed by atoms with Crippen LogP contribution >= 0.6 is 15.9 Å². The van der Waals surface area contributed by atoms with Crippen LogP contribution in [0, 0.1) is 6.92 Å². The molecule has 0 amide bonds. The van der Waals surface area contributed by atoms with Crippen molar-refractivity contribution in [1.82, 2.24) is 0 Å². The van der Waals surface area contributed by atoms with E-state index in [-0.39, 0.29) is 6.04 Å². The second-order valence-corrected chi connectivity index (χ2v) is 4.26. The van der Waals surface area contributed by atoms with E-state index in [4.69, 9.17) is 5.73 Å². The van der Waals surface area contributed by atoms with Gasteiger partial charge in [0, 0.05) is 10.5 Å². The lowest BCUT2D eigenvalue weighted by Gasteiger charge is -2.11. The van der Waals surface area contributed by atoms with Gasteiger partial charge in [0.1, 0.15) is 0 Å². The minimum Gasteiger partial charge on any atom is -0.324 e. The summed E-state index contributed by atoms with van der Waals surface area (Å²) in [6, 6.07) is 6.52. The topological polar surface area (TPSA) is 26.0 Å². The highest BCUT2D eigenvalue weighted by molar-refractivity contribution is 9.10. The molecule has 0 aliphatic carbocycles. The summed E-state index contributed by atoms with van der Waals surface area (Å²) in [5, 5.41) is 0. The third kappa shape index (κ3) is 2.82. The number of benzene rings is 1. The van der Waals surface area contributed by atoms with Crippen molar-refractivity contribution in [3.63, 3.8) is 0 Å². The van der Waals surface area contributed by atoms with E-state index in [0.717, 1.165) is 17.3 Å². The third-order valence-corrected chi connectivity index (χ3v) is 3.08. The van der Waals surface area contributed by atoms with Gasteiger partial charge >= 0.3 is 0 Å². The van der Waals surface area contributed by atoms with E-state index in [1.165, 1.54) is 11.1 Å². The average molecular weight is 242 g/mol. The van der Waals surface area contributed by atoms with Gasteiger partial charge in [-0.15, -0.1) is 0 Å². The number of hydrogen-bond acceptors (Lipinski definition) is 1. The lowest BCUT2D eigenvalue weighted by Crippen LogP contribution is -2.09. The van der Waals surface area contributed by atoms with E-state index in [0.29, 0.717) is 0 Å². The minimum atomic E-state index is 0.182. The molecule has 2 N–H and O–H groups in total. The fourth-order valence-electron chi connectivity index (χ4n) is 1.32. The fraction of sp³-hybridized carbons (Fsp3) is 0.455. The Morgan fingerprint density at radius 2 is 2.15 bits per heavy atom. The number of nitrogens with two attached hydrogens (primary N) is 1. The Morgan fingerprint density at radius 1 is 1.46 bits per heavy atom. The van der Waals surface area contributed by atoms with Crippen molar-refractivity contribution in [1.29, 1.82) is 0 Å². The first-order valence-corrected chi connectivity index (χ1v) is 5.46. The van der Waals surface area contributed by atoms with Crippen molar-refractivity contribution >= 4 is 15.9 Å². The lowest BCUT2D eigenvalue weighted by molar-refractivity contribution is 0.638. The molecule has 1 atom stereocenters. The molecule has 0 spiro atoms. The van der Waals surface area contributed by atoms with E-state index in [9.17, 15) is 0 Å². The van der Waals surface area contributed by atoms with Crippen LogP contribution in [0.1, 0.15) is 36.9 Å². The van der Waals surface area contributed by atoms with Crippen LogP contribution < -0.4 is 5.73 Å². The molecule has 0 aromatic heterocycles. The molecule has 1 rings (SSSR count). The second kappa shape index (κ2) is 4.77. The summed E-state index contributed by atoms with van der Waals surface area (Å²) in [5.74, 6) is 0. The highest BCUT2D eigenvalue weighted by Gasteiger charge is 2.05. The van der Waals surface area contributed by atoms with Crippen LogP contribution in [0.2, 0.25) is 0 Å². The first-order chi connectivity index (χ1) is 6.15. The Balaban J connectivity index is 2.84. The lowest BCUT2D eigenvalue weighted by atomic mass is 10.0. The smallest absolute Gasteiger partial charge is 0.0295 e.